The molecule has 1 aromatic carbocycles. The molecule has 0 bridgehead atoms. The van der Waals surface area contributed by atoms with Crippen LogP contribution < -0.4 is 10.6 Å². The average molecular weight is 324 g/mol. The Kier molecular flexibility index (Phi) is 4.81. The van der Waals surface area contributed by atoms with Crippen molar-refractivity contribution in [2.24, 2.45) is 5.73 Å². The fourth-order valence-corrected chi connectivity index (χ4v) is 3.50. The Morgan fingerprint density at radius 2 is 2.05 bits per heavy atom. The quantitative estimate of drug-likeness (QED) is 0.772. The number of hydrogen-bond donors (Lipinski definition) is 2. The van der Waals surface area contributed by atoms with E-state index in [2.05, 4.69) is 10.2 Å². The van der Waals surface area contributed by atoms with Gasteiger partial charge in [0.15, 0.2) is 9.94 Å². The number of nitrogens with zero attached hydrogens (tertiary/aromatic N) is 3. The maximum atomic E-state index is 11.7. The first-order valence-electron chi connectivity index (χ1n) is 6.15. The minimum Gasteiger partial charge on any atom is -0.375 e. The number of amides is 1. The van der Waals surface area contributed by atoms with Crippen molar-refractivity contribution in [2.75, 3.05) is 24.7 Å². The number of aliphatic hydroxyl groups is 1. The van der Waals surface area contributed by atoms with Crippen molar-refractivity contribution in [3.63, 3.8) is 0 Å². The molecule has 3 N–H and O–H groups in total. The molecule has 1 heterocycles. The highest BCUT2D eigenvalue weighted by atomic mass is 32.2. The molecule has 1 amide bonds. The lowest BCUT2D eigenvalue weighted by Crippen LogP contribution is -2.43. The molecule has 1 atom stereocenters. The van der Waals surface area contributed by atoms with Gasteiger partial charge in [-0.3, -0.25) is 4.79 Å². The van der Waals surface area contributed by atoms with Crippen LogP contribution in [0.5, 0.6) is 0 Å². The molecule has 1 unspecified atom stereocenters. The summed E-state index contributed by atoms with van der Waals surface area (Å²) in [6, 6.07) is 8.67. The fourth-order valence-electron chi connectivity index (χ4n) is 1.62. The standard InChI is InChI=1S/C13H16N4O2S2/c1-17(2)11-15-16-12(21-11)20-8-13(19,10(14)18)9-6-4-3-5-7-9/h3-7,19H,8H2,1-2H3,(H2,14,18). The van der Waals surface area contributed by atoms with E-state index in [1.54, 1.807) is 24.3 Å². The van der Waals surface area contributed by atoms with E-state index in [1.807, 2.05) is 25.1 Å². The number of anilines is 1. The predicted octanol–water partition coefficient (Wildman–Crippen LogP) is 1.07. The maximum Gasteiger partial charge on any atom is 0.254 e. The zero-order valence-corrected chi connectivity index (χ0v) is 13.3. The minimum atomic E-state index is -1.73. The zero-order valence-electron chi connectivity index (χ0n) is 11.7. The molecule has 6 nitrogen and oxygen atoms in total. The number of nitrogens with two attached hydrogens (primary N) is 1. The first-order chi connectivity index (χ1) is 9.93. The normalized spacial score (nSPS) is 13.7. The molecule has 112 valence electrons. The monoisotopic (exact) mass is 324 g/mol. The van der Waals surface area contributed by atoms with Crippen molar-refractivity contribution in [3.8, 4) is 0 Å². The van der Waals surface area contributed by atoms with Crippen LogP contribution in [-0.4, -0.2) is 41.1 Å². The Hall–Kier alpha value is -1.64. The number of primary amides is 1. The third-order valence-electron chi connectivity index (χ3n) is 2.84. The lowest BCUT2D eigenvalue weighted by atomic mass is 9.95. The molecule has 2 aromatic rings. The second kappa shape index (κ2) is 6.42. The van der Waals surface area contributed by atoms with Gasteiger partial charge in [0, 0.05) is 19.8 Å². The second-order valence-electron chi connectivity index (χ2n) is 4.62. The molecule has 0 saturated carbocycles. The number of aromatic nitrogens is 2. The Balaban J connectivity index is 2.15. The third kappa shape index (κ3) is 3.52. The fraction of sp³-hybridized carbons (Fsp3) is 0.308. The SMILES string of the molecule is CN(C)c1nnc(SCC(O)(C(N)=O)c2ccccc2)s1. The van der Waals surface area contributed by atoms with Crippen molar-refractivity contribution >= 4 is 34.1 Å². The zero-order chi connectivity index (χ0) is 15.5. The molecule has 0 aliphatic rings. The highest BCUT2D eigenvalue weighted by molar-refractivity contribution is 8.01. The lowest BCUT2D eigenvalue weighted by molar-refractivity contribution is -0.134. The van der Waals surface area contributed by atoms with Gasteiger partial charge in [-0.1, -0.05) is 53.4 Å². The van der Waals surface area contributed by atoms with Gasteiger partial charge in [-0.25, -0.2) is 0 Å². The van der Waals surface area contributed by atoms with Gasteiger partial charge in [0.2, 0.25) is 5.13 Å². The van der Waals surface area contributed by atoms with Gasteiger partial charge in [-0.05, 0) is 5.56 Å². The van der Waals surface area contributed by atoms with Gasteiger partial charge in [0.25, 0.3) is 5.91 Å². The number of benzene rings is 1. The van der Waals surface area contributed by atoms with Gasteiger partial charge in [-0.15, -0.1) is 10.2 Å². The molecule has 1 aromatic heterocycles. The first-order valence-corrected chi connectivity index (χ1v) is 7.95. The van der Waals surface area contributed by atoms with E-state index in [4.69, 9.17) is 5.73 Å². The predicted molar refractivity (Wildman–Crippen MR) is 84.5 cm³/mol. The molecular weight excluding hydrogens is 308 g/mol. The van der Waals surface area contributed by atoms with Crippen molar-refractivity contribution in [2.45, 2.75) is 9.94 Å². The topological polar surface area (TPSA) is 92.3 Å². The summed E-state index contributed by atoms with van der Waals surface area (Å²) in [6.45, 7) is 0. The molecule has 8 heteroatoms. The molecule has 2 rings (SSSR count). The van der Waals surface area contributed by atoms with Crippen molar-refractivity contribution < 1.29 is 9.90 Å². The van der Waals surface area contributed by atoms with E-state index in [-0.39, 0.29) is 5.75 Å². The summed E-state index contributed by atoms with van der Waals surface area (Å²) in [4.78, 5) is 13.5. The number of thioether (sulfide) groups is 1. The highest BCUT2D eigenvalue weighted by Crippen LogP contribution is 2.32. The summed E-state index contributed by atoms with van der Waals surface area (Å²) < 4.78 is 0.675. The Labute approximate surface area is 131 Å². The largest absolute Gasteiger partial charge is 0.375 e. The number of rotatable bonds is 6. The maximum absolute atomic E-state index is 11.7. The molecule has 0 aliphatic carbocycles. The van der Waals surface area contributed by atoms with Crippen LogP contribution in [0.2, 0.25) is 0 Å². The van der Waals surface area contributed by atoms with Crippen LogP contribution in [0.25, 0.3) is 0 Å². The van der Waals surface area contributed by atoms with E-state index >= 15 is 0 Å². The number of carbonyl (C=O) groups is 1. The highest BCUT2D eigenvalue weighted by Gasteiger charge is 2.36. The molecular formula is C13H16N4O2S2. The summed E-state index contributed by atoms with van der Waals surface area (Å²) in [6.07, 6.45) is 0. The third-order valence-corrected chi connectivity index (χ3v) is 5.22. The molecule has 21 heavy (non-hydrogen) atoms. The first kappa shape index (κ1) is 15.7. The lowest BCUT2D eigenvalue weighted by Gasteiger charge is -2.24. The smallest absolute Gasteiger partial charge is 0.254 e. The molecule has 0 saturated heterocycles. The van der Waals surface area contributed by atoms with Crippen LogP contribution in [0.15, 0.2) is 34.7 Å². The van der Waals surface area contributed by atoms with Crippen LogP contribution in [0.1, 0.15) is 5.56 Å². The summed E-state index contributed by atoms with van der Waals surface area (Å²) >= 11 is 2.65. The van der Waals surface area contributed by atoms with Crippen LogP contribution in [0.4, 0.5) is 5.13 Å². The Morgan fingerprint density at radius 1 is 1.38 bits per heavy atom. The summed E-state index contributed by atoms with van der Waals surface area (Å²) in [7, 11) is 3.75. The van der Waals surface area contributed by atoms with Gasteiger partial charge in [0.05, 0.1) is 0 Å². The summed E-state index contributed by atoms with van der Waals surface area (Å²) in [5.41, 5.74) is 4.13. The van der Waals surface area contributed by atoms with E-state index in [9.17, 15) is 9.90 Å². The summed E-state index contributed by atoms with van der Waals surface area (Å²) in [5.74, 6) is -0.687. The van der Waals surface area contributed by atoms with Gasteiger partial charge in [0.1, 0.15) is 0 Å². The van der Waals surface area contributed by atoms with Crippen molar-refractivity contribution in [1.82, 2.24) is 10.2 Å². The minimum absolute atomic E-state index is 0.0917. The second-order valence-corrected chi connectivity index (χ2v) is 6.80. The Bertz CT molecular complexity index is 618. The van der Waals surface area contributed by atoms with Crippen LogP contribution in [-0.2, 0) is 10.4 Å². The number of carbonyl (C=O) groups excluding carboxylic acids is 1. The van der Waals surface area contributed by atoms with Gasteiger partial charge < -0.3 is 15.7 Å². The molecule has 0 aliphatic heterocycles. The van der Waals surface area contributed by atoms with Crippen LogP contribution >= 0.6 is 23.1 Å². The summed E-state index contributed by atoms with van der Waals surface area (Å²) in [5, 5.41) is 19.4. The van der Waals surface area contributed by atoms with Gasteiger partial charge >= 0.3 is 0 Å². The molecule has 0 spiro atoms. The Morgan fingerprint density at radius 3 is 2.57 bits per heavy atom. The van der Waals surface area contributed by atoms with E-state index < -0.39 is 11.5 Å². The molecule has 0 radical (unpaired) electrons. The number of hydrogen-bond acceptors (Lipinski definition) is 7. The van der Waals surface area contributed by atoms with Gasteiger partial charge in [-0.2, -0.15) is 0 Å². The van der Waals surface area contributed by atoms with Crippen LogP contribution in [0, 0.1) is 0 Å². The average Bonchev–Trinajstić information content (AvgIpc) is 2.94. The van der Waals surface area contributed by atoms with E-state index in [1.165, 1.54) is 23.1 Å². The molecule has 0 fully saturated rings. The van der Waals surface area contributed by atoms with Crippen molar-refractivity contribution in [1.29, 1.82) is 0 Å². The van der Waals surface area contributed by atoms with E-state index in [0.717, 1.165) is 5.13 Å². The van der Waals surface area contributed by atoms with Crippen molar-refractivity contribution in [3.05, 3.63) is 35.9 Å². The van der Waals surface area contributed by atoms with E-state index in [0.29, 0.717) is 9.90 Å². The van der Waals surface area contributed by atoms with Crippen LogP contribution in [0.3, 0.4) is 0 Å².